The van der Waals surface area contributed by atoms with Crippen LogP contribution in [0.2, 0.25) is 0 Å². The van der Waals surface area contributed by atoms with Crippen LogP contribution in [0.3, 0.4) is 0 Å². The van der Waals surface area contributed by atoms with E-state index >= 15 is 0 Å². The molecule has 7 heavy (non-hydrogen) atoms. The number of hydrogen-bond acceptors (Lipinski definition) is 0. The van der Waals surface area contributed by atoms with Crippen molar-refractivity contribution in [2.75, 3.05) is 0 Å². The number of hydrogen-bond donors (Lipinski definition) is 0. The van der Waals surface area contributed by atoms with Gasteiger partial charge in [0, 0.05) is 164 Å². The molecule has 0 aromatic rings. The minimum atomic E-state index is 0. The van der Waals surface area contributed by atoms with Crippen molar-refractivity contribution >= 4 is 0 Å². The van der Waals surface area contributed by atoms with E-state index in [1.807, 2.05) is 0 Å². The van der Waals surface area contributed by atoms with Crippen LogP contribution in [0.25, 0.3) is 0 Å². The predicted octanol–water partition coefficient (Wildman–Crippen LogP) is -0.0175. The Hall–Kier alpha value is 5.47. The van der Waals surface area contributed by atoms with E-state index in [0.717, 1.165) is 0 Å². The van der Waals surface area contributed by atoms with Crippen molar-refractivity contribution in [3.05, 3.63) is 0 Å². The Labute approximate surface area is 160 Å². The van der Waals surface area contributed by atoms with Gasteiger partial charge in [-0.15, -0.1) is 0 Å². The fourth-order valence-corrected chi connectivity index (χ4v) is 0. The minimum absolute atomic E-state index is 0. The van der Waals surface area contributed by atoms with Crippen LogP contribution < -0.4 is 0 Å². The molecule has 0 aliphatic rings. The first-order valence-corrected chi connectivity index (χ1v) is 0. The molecule has 0 saturated heterocycles. The second-order valence-corrected chi connectivity index (χ2v) is 0. The van der Waals surface area contributed by atoms with Crippen molar-refractivity contribution in [1.29, 1.82) is 0 Å². The molecule has 0 bridgehead atoms. The second-order valence-electron chi connectivity index (χ2n) is 0. The first-order chi connectivity index (χ1) is 0. The first-order valence-electron chi connectivity index (χ1n) is 0. The Balaban J connectivity index is 0. The van der Waals surface area contributed by atoms with Gasteiger partial charge in [0.05, 0.1) is 0 Å². The summed E-state index contributed by atoms with van der Waals surface area (Å²) < 4.78 is 0. The summed E-state index contributed by atoms with van der Waals surface area (Å²) >= 11 is 0. The average Bonchev–Trinajstić information content (AvgIpc) is 0. The van der Waals surface area contributed by atoms with Crippen LogP contribution in [0.4, 0.5) is 0 Å². The molecule has 0 unspecified atom stereocenters. The van der Waals surface area contributed by atoms with Crippen LogP contribution >= 0.6 is 0 Å². The van der Waals surface area contributed by atoms with Crippen LogP contribution in [0, 0.1) is 0 Å². The zero-order valence-electron chi connectivity index (χ0n) is 3.24. The van der Waals surface area contributed by atoms with Crippen molar-refractivity contribution in [1.82, 2.24) is 0 Å². The Morgan fingerprint density at radius 2 is 0.286 bits per heavy atom. The van der Waals surface area contributed by atoms with Gasteiger partial charge in [0.15, 0.2) is 0 Å². The summed E-state index contributed by atoms with van der Waals surface area (Å²) in [7, 11) is 0. The summed E-state index contributed by atoms with van der Waals surface area (Å²) in [4.78, 5) is 0. The standard InChI is InChI=1S/5Nb.2Zr. The van der Waals surface area contributed by atoms with Crippen LogP contribution in [0.5, 0.6) is 0 Å². The van der Waals surface area contributed by atoms with Gasteiger partial charge in [0.2, 0.25) is 0 Å². The summed E-state index contributed by atoms with van der Waals surface area (Å²) in [6.07, 6.45) is 0. The zero-order valence-corrected chi connectivity index (χ0v) is 19.1. The molecule has 0 amide bonds. The van der Waals surface area contributed by atoms with E-state index in [-0.39, 0.29) is 164 Å². The summed E-state index contributed by atoms with van der Waals surface area (Å²) in [5.41, 5.74) is 0. The van der Waals surface area contributed by atoms with E-state index in [1.54, 1.807) is 0 Å². The Morgan fingerprint density at radius 1 is 0.286 bits per heavy atom. The van der Waals surface area contributed by atoms with Crippen LogP contribution in [-0.2, 0) is 164 Å². The monoisotopic (exact) mass is 644 g/mol. The van der Waals surface area contributed by atoms with Gasteiger partial charge in [0.1, 0.15) is 0 Å². The predicted molar refractivity (Wildman–Crippen MR) is 0 cm³/mol. The second kappa shape index (κ2) is 42.0. The zero-order chi connectivity index (χ0) is 0. The molecular formula is Nb5Zr2. The van der Waals surface area contributed by atoms with E-state index in [9.17, 15) is 0 Å². The molecule has 0 aliphatic carbocycles. The average molecular weight is 647 g/mol. The SMILES string of the molecule is [Nb].[Nb].[Nb].[Nb].[Nb].[Zr].[Zr]. The fourth-order valence-electron chi connectivity index (χ4n) is 0. The summed E-state index contributed by atoms with van der Waals surface area (Å²) in [5.74, 6) is 0. The Kier molecular flexibility index (Phi) is 329. The van der Waals surface area contributed by atoms with E-state index in [4.69, 9.17) is 0 Å². The maximum absolute atomic E-state index is 0. The van der Waals surface area contributed by atoms with Gasteiger partial charge < -0.3 is 0 Å². The molecule has 7 heteroatoms. The number of rotatable bonds is 0. The van der Waals surface area contributed by atoms with Gasteiger partial charge in [0.25, 0.3) is 0 Å². The van der Waals surface area contributed by atoms with E-state index in [0.29, 0.717) is 0 Å². The van der Waals surface area contributed by atoms with Gasteiger partial charge >= 0.3 is 0 Å². The molecule has 33 valence electrons. The largest absolute Gasteiger partial charge is 0 e. The quantitative estimate of drug-likeness (QED) is 0.325. The molecule has 0 N–H and O–H groups in total. The van der Waals surface area contributed by atoms with Crippen molar-refractivity contribution in [2.24, 2.45) is 0 Å². The topological polar surface area (TPSA) is 0 Å². The van der Waals surface area contributed by atoms with Crippen LogP contribution in [0.1, 0.15) is 0 Å². The van der Waals surface area contributed by atoms with Gasteiger partial charge in [-0.1, -0.05) is 0 Å². The molecule has 0 rings (SSSR count). The van der Waals surface area contributed by atoms with Gasteiger partial charge in [-0.05, 0) is 0 Å². The first kappa shape index (κ1) is 54.8. The van der Waals surface area contributed by atoms with Crippen LogP contribution in [0.15, 0.2) is 0 Å². The smallest absolute Gasteiger partial charge is 0 e. The molecule has 0 aliphatic heterocycles. The maximum Gasteiger partial charge on any atom is 0 e. The van der Waals surface area contributed by atoms with Gasteiger partial charge in [-0.3, -0.25) is 0 Å². The molecule has 0 atom stereocenters. The molecule has 0 heterocycles. The molecule has 0 aromatic heterocycles. The van der Waals surface area contributed by atoms with Gasteiger partial charge in [-0.25, -0.2) is 0 Å². The van der Waals surface area contributed by atoms with Crippen LogP contribution in [-0.4, -0.2) is 0 Å². The molecule has 5 radical (unpaired) electrons. The van der Waals surface area contributed by atoms with E-state index < -0.39 is 0 Å². The normalized spacial score (nSPS) is 0. The van der Waals surface area contributed by atoms with Crippen molar-refractivity contribution in [3.8, 4) is 0 Å². The van der Waals surface area contributed by atoms with Crippen molar-refractivity contribution in [2.45, 2.75) is 0 Å². The fraction of sp³-hybridized carbons (Fsp3) is 0. The van der Waals surface area contributed by atoms with Gasteiger partial charge in [-0.2, -0.15) is 0 Å². The maximum atomic E-state index is 0. The Morgan fingerprint density at radius 3 is 0.286 bits per heavy atom. The third-order valence-corrected chi connectivity index (χ3v) is 0. The third kappa shape index (κ3) is 34.4. The molecule has 0 aromatic carbocycles. The third-order valence-electron chi connectivity index (χ3n) is 0. The molecular weight excluding hydrogens is 647 g/mol. The van der Waals surface area contributed by atoms with Crippen molar-refractivity contribution < 1.29 is 164 Å². The summed E-state index contributed by atoms with van der Waals surface area (Å²) in [5, 5.41) is 0. The van der Waals surface area contributed by atoms with E-state index in [2.05, 4.69) is 0 Å². The summed E-state index contributed by atoms with van der Waals surface area (Å²) in [6.45, 7) is 0. The molecule has 0 spiro atoms. The molecule has 0 fully saturated rings. The molecule has 0 nitrogen and oxygen atoms in total. The summed E-state index contributed by atoms with van der Waals surface area (Å²) in [6, 6.07) is 0. The Bertz CT molecular complexity index is 6.04. The van der Waals surface area contributed by atoms with Crippen molar-refractivity contribution in [3.63, 3.8) is 0 Å². The van der Waals surface area contributed by atoms with E-state index in [1.165, 1.54) is 0 Å². The molecule has 0 saturated carbocycles. The minimum Gasteiger partial charge on any atom is 0 e.